The molecule has 5 rings (SSSR count). The molecule has 7 nitrogen and oxygen atoms in total. The molecule has 2 aromatic heterocycles. The van der Waals surface area contributed by atoms with E-state index in [0.717, 1.165) is 52.4 Å². The van der Waals surface area contributed by atoms with E-state index in [9.17, 15) is 18.5 Å². The van der Waals surface area contributed by atoms with E-state index in [2.05, 4.69) is 16.4 Å². The van der Waals surface area contributed by atoms with E-state index in [-0.39, 0.29) is 22.6 Å². The summed E-state index contributed by atoms with van der Waals surface area (Å²) < 4.78 is 23.9. The van der Waals surface area contributed by atoms with Crippen molar-refractivity contribution < 1.29 is 13.2 Å². The number of carbonyl (C=O) groups is 1. The normalized spacial score (nSPS) is 21.1. The Labute approximate surface area is 209 Å². The highest BCUT2D eigenvalue weighted by molar-refractivity contribution is 7.90. The van der Waals surface area contributed by atoms with Crippen LogP contribution in [0.4, 0.5) is 0 Å². The molecule has 9 heteroatoms. The molecule has 2 unspecified atom stereocenters. The van der Waals surface area contributed by atoms with Crippen molar-refractivity contribution in [1.82, 2.24) is 15.3 Å². The quantitative estimate of drug-likeness (QED) is 0.518. The zero-order valence-corrected chi connectivity index (χ0v) is 21.0. The number of rotatable bonds is 6. The highest BCUT2D eigenvalue weighted by Crippen LogP contribution is 2.46. The Morgan fingerprint density at radius 2 is 1.89 bits per heavy atom. The van der Waals surface area contributed by atoms with E-state index in [1.807, 2.05) is 24.3 Å². The van der Waals surface area contributed by atoms with Crippen molar-refractivity contribution >= 4 is 27.1 Å². The molecule has 1 amide bonds. The van der Waals surface area contributed by atoms with Crippen molar-refractivity contribution in [2.75, 3.05) is 6.26 Å². The van der Waals surface area contributed by atoms with Crippen LogP contribution >= 0.6 is 11.3 Å². The molecule has 2 aliphatic carbocycles. The van der Waals surface area contributed by atoms with Crippen LogP contribution in [0, 0.1) is 17.2 Å². The molecule has 0 aliphatic heterocycles. The summed E-state index contributed by atoms with van der Waals surface area (Å²) in [4.78, 5) is 23.8. The van der Waals surface area contributed by atoms with Gasteiger partial charge in [0.05, 0.1) is 21.5 Å². The number of hydrogen-bond acceptors (Lipinski definition) is 7. The third-order valence-corrected chi connectivity index (χ3v) is 9.18. The molecule has 0 bridgehead atoms. The smallest absolute Gasteiger partial charge is 0.225 e. The van der Waals surface area contributed by atoms with Crippen molar-refractivity contribution in [2.24, 2.45) is 5.92 Å². The van der Waals surface area contributed by atoms with Crippen LogP contribution in [0.25, 0.3) is 21.0 Å². The molecule has 1 aromatic carbocycles. The van der Waals surface area contributed by atoms with Crippen LogP contribution in [0.15, 0.2) is 53.7 Å². The van der Waals surface area contributed by atoms with E-state index < -0.39 is 15.4 Å². The maximum absolute atomic E-state index is 13.3. The second-order valence-electron chi connectivity index (χ2n) is 9.45. The number of hydrogen-bond donors (Lipinski definition) is 1. The van der Waals surface area contributed by atoms with Gasteiger partial charge >= 0.3 is 0 Å². The number of amides is 1. The van der Waals surface area contributed by atoms with Gasteiger partial charge in [-0.1, -0.05) is 25.0 Å². The maximum Gasteiger partial charge on any atom is 0.225 e. The fraction of sp³-hybridized carbons (Fsp3) is 0.385. The van der Waals surface area contributed by atoms with Gasteiger partial charge in [-0.2, -0.15) is 5.26 Å². The van der Waals surface area contributed by atoms with Gasteiger partial charge in [0.1, 0.15) is 10.5 Å². The van der Waals surface area contributed by atoms with Crippen molar-refractivity contribution in [2.45, 2.75) is 54.9 Å². The largest absolute Gasteiger partial charge is 0.338 e. The van der Waals surface area contributed by atoms with E-state index in [1.54, 1.807) is 24.5 Å². The molecule has 0 saturated heterocycles. The number of nitrogens with one attached hydrogen (secondary N) is 1. The molecular weight excluding hydrogens is 480 g/mol. The Morgan fingerprint density at radius 1 is 1.14 bits per heavy atom. The summed E-state index contributed by atoms with van der Waals surface area (Å²) in [6, 6.07) is 12.9. The van der Waals surface area contributed by atoms with E-state index in [1.165, 1.54) is 17.6 Å². The van der Waals surface area contributed by atoms with Crippen LogP contribution in [-0.2, 0) is 14.6 Å². The minimum absolute atomic E-state index is 0.0666. The summed E-state index contributed by atoms with van der Waals surface area (Å²) in [5.41, 5.74) is 1.94. The Morgan fingerprint density at radius 3 is 2.51 bits per heavy atom. The fourth-order valence-electron chi connectivity index (χ4n) is 4.75. The van der Waals surface area contributed by atoms with Crippen LogP contribution in [0.3, 0.4) is 0 Å². The molecule has 35 heavy (non-hydrogen) atoms. The first-order valence-corrected chi connectivity index (χ1v) is 14.5. The van der Waals surface area contributed by atoms with Crippen molar-refractivity contribution in [3.8, 4) is 27.1 Å². The molecule has 0 spiro atoms. The number of thiazole rings is 1. The van der Waals surface area contributed by atoms with Crippen molar-refractivity contribution in [3.63, 3.8) is 0 Å². The average Bonchev–Trinajstić information content (AvgIpc) is 3.50. The molecule has 2 saturated carbocycles. The molecule has 1 N–H and O–H groups in total. The van der Waals surface area contributed by atoms with Gasteiger partial charge in [0.25, 0.3) is 0 Å². The number of aromatic nitrogens is 2. The molecule has 2 heterocycles. The molecule has 2 fully saturated rings. The first-order valence-electron chi connectivity index (χ1n) is 11.7. The zero-order valence-electron chi connectivity index (χ0n) is 19.4. The molecule has 2 atom stereocenters. The van der Waals surface area contributed by atoms with Gasteiger partial charge in [-0.3, -0.25) is 9.78 Å². The molecule has 2 aliphatic rings. The van der Waals surface area contributed by atoms with Gasteiger partial charge in [0.15, 0.2) is 9.84 Å². The van der Waals surface area contributed by atoms with Crippen LogP contribution < -0.4 is 5.32 Å². The molecular formula is C26H26N4O3S2. The third-order valence-electron chi connectivity index (χ3n) is 6.89. The Balaban J connectivity index is 1.56. The van der Waals surface area contributed by atoms with Crippen LogP contribution in [0.5, 0.6) is 0 Å². The highest BCUT2D eigenvalue weighted by atomic mass is 32.2. The molecule has 3 aromatic rings. The minimum atomic E-state index is -3.30. The molecule has 180 valence electrons. The van der Waals surface area contributed by atoms with Crippen molar-refractivity contribution in [3.05, 3.63) is 54.5 Å². The second-order valence-corrected chi connectivity index (χ2v) is 12.5. The van der Waals surface area contributed by atoms with Gasteiger partial charge < -0.3 is 5.32 Å². The van der Waals surface area contributed by atoms with Gasteiger partial charge in [-0.25, -0.2) is 13.4 Å². The zero-order chi connectivity index (χ0) is 24.6. The molecule has 0 radical (unpaired) electrons. The predicted molar refractivity (Wildman–Crippen MR) is 134 cm³/mol. The van der Waals surface area contributed by atoms with Crippen molar-refractivity contribution in [1.29, 1.82) is 5.26 Å². The Hall–Kier alpha value is -3.09. The summed E-state index contributed by atoms with van der Waals surface area (Å²) in [5, 5.41) is 13.3. The highest BCUT2D eigenvalue weighted by Gasteiger charge is 2.47. The van der Waals surface area contributed by atoms with Crippen LogP contribution in [0.2, 0.25) is 0 Å². The Kier molecular flexibility index (Phi) is 6.20. The lowest BCUT2D eigenvalue weighted by atomic mass is 9.76. The monoisotopic (exact) mass is 506 g/mol. The number of sulfone groups is 1. The summed E-state index contributed by atoms with van der Waals surface area (Å²) in [6.45, 7) is 0. The van der Waals surface area contributed by atoms with Crippen LogP contribution in [-0.4, -0.2) is 36.1 Å². The first-order chi connectivity index (χ1) is 16.8. The summed E-state index contributed by atoms with van der Waals surface area (Å²) in [7, 11) is -3.30. The fourth-order valence-corrected chi connectivity index (χ4v) is 6.51. The third kappa shape index (κ3) is 4.86. The SMILES string of the molecule is CS(=O)(=O)c1ccc(-c2sc(-c3cccnc3)nc2C2CCCCC2C(=O)NC2(C#N)CC2)cc1. The number of pyridine rings is 1. The number of nitriles is 1. The first kappa shape index (κ1) is 23.6. The topological polar surface area (TPSA) is 113 Å². The Bertz CT molecular complexity index is 1390. The summed E-state index contributed by atoms with van der Waals surface area (Å²) >= 11 is 1.53. The summed E-state index contributed by atoms with van der Waals surface area (Å²) in [6.07, 6.45) is 9.64. The second kappa shape index (κ2) is 9.17. The van der Waals surface area contributed by atoms with Gasteiger partial charge in [0.2, 0.25) is 5.91 Å². The standard InChI is InChI=1S/C26H26N4O3S2/c1-35(32,33)19-10-8-17(9-11-19)23-22(29-25(34-23)18-5-4-14-28-15-18)20-6-2-3-7-21(20)24(31)30-26(16-27)12-13-26/h4-5,8-11,14-15,20-21H,2-3,6-7,12-13H2,1H3,(H,30,31). The minimum Gasteiger partial charge on any atom is -0.338 e. The maximum atomic E-state index is 13.3. The van der Waals surface area contributed by atoms with Gasteiger partial charge in [0, 0.05) is 36.0 Å². The van der Waals surface area contributed by atoms with E-state index in [0.29, 0.717) is 12.8 Å². The van der Waals surface area contributed by atoms with Gasteiger partial charge in [-0.05, 0) is 55.5 Å². The number of benzene rings is 1. The summed E-state index contributed by atoms with van der Waals surface area (Å²) in [5.74, 6) is -0.403. The lowest BCUT2D eigenvalue weighted by Gasteiger charge is -2.31. The predicted octanol–water partition coefficient (Wildman–Crippen LogP) is 4.72. The average molecular weight is 507 g/mol. The lowest BCUT2D eigenvalue weighted by molar-refractivity contribution is -0.127. The van der Waals surface area contributed by atoms with Crippen LogP contribution in [0.1, 0.15) is 50.1 Å². The van der Waals surface area contributed by atoms with E-state index in [4.69, 9.17) is 4.98 Å². The number of nitrogens with zero attached hydrogens (tertiary/aromatic N) is 3. The van der Waals surface area contributed by atoms with E-state index >= 15 is 0 Å². The lowest BCUT2D eigenvalue weighted by Crippen LogP contribution is -2.42. The number of carbonyl (C=O) groups excluding carboxylic acids is 1. The van der Waals surface area contributed by atoms with Gasteiger partial charge in [-0.15, -0.1) is 11.3 Å².